The summed E-state index contributed by atoms with van der Waals surface area (Å²) in [6.07, 6.45) is 0.145. The van der Waals surface area contributed by atoms with E-state index in [9.17, 15) is 9.59 Å². The Bertz CT molecular complexity index is 1480. The highest BCUT2D eigenvalue weighted by atomic mass is 16.5. The lowest BCUT2D eigenvalue weighted by atomic mass is 10.1. The molecule has 0 saturated heterocycles. The highest BCUT2D eigenvalue weighted by molar-refractivity contribution is 6.06. The normalized spacial score (nSPS) is 11.0. The molecule has 1 amide bonds. The van der Waals surface area contributed by atoms with Crippen molar-refractivity contribution in [1.82, 2.24) is 25.2 Å². The molecule has 4 N–H and O–H groups in total. The number of esters is 1. The molecule has 4 aromatic rings. The van der Waals surface area contributed by atoms with Crippen LogP contribution in [0.2, 0.25) is 0 Å². The van der Waals surface area contributed by atoms with Crippen LogP contribution in [0.15, 0.2) is 60.7 Å². The number of aromatic nitrogens is 3. The van der Waals surface area contributed by atoms with Gasteiger partial charge in [0.05, 0.1) is 24.6 Å². The number of pyridine rings is 1. The molecular weight excluding hydrogens is 496 g/mol. The zero-order valence-corrected chi connectivity index (χ0v) is 22.3. The van der Waals surface area contributed by atoms with Gasteiger partial charge in [-0.2, -0.15) is 0 Å². The number of methoxy groups -OCH3 is 1. The van der Waals surface area contributed by atoms with E-state index in [0.29, 0.717) is 43.9 Å². The first-order valence-corrected chi connectivity index (χ1v) is 12.8. The number of alkyl carbamates (subject to hydrolysis) is 1. The number of hydrogen-bond acceptors (Lipinski definition) is 8. The highest BCUT2D eigenvalue weighted by Crippen LogP contribution is 2.30. The van der Waals surface area contributed by atoms with Gasteiger partial charge in [0, 0.05) is 38.0 Å². The summed E-state index contributed by atoms with van der Waals surface area (Å²) in [7, 11) is 1.37. The fourth-order valence-corrected chi connectivity index (χ4v) is 4.27. The smallest absolute Gasteiger partial charge is 0.407 e. The van der Waals surface area contributed by atoms with Crippen molar-refractivity contribution in [2.75, 3.05) is 32.5 Å². The van der Waals surface area contributed by atoms with Gasteiger partial charge < -0.3 is 30.4 Å². The summed E-state index contributed by atoms with van der Waals surface area (Å²) in [5.74, 6) is 0.774. The number of amides is 1. The number of para-hydroxylation sites is 1. The van der Waals surface area contributed by atoms with E-state index in [1.165, 1.54) is 7.11 Å². The summed E-state index contributed by atoms with van der Waals surface area (Å²) >= 11 is 0. The Kier molecular flexibility index (Phi) is 9.11. The minimum atomic E-state index is -0.464. The lowest BCUT2D eigenvalue weighted by Gasteiger charge is -2.12. The van der Waals surface area contributed by atoms with Crippen LogP contribution < -0.4 is 16.4 Å². The molecule has 0 aliphatic heterocycles. The Morgan fingerprint density at radius 2 is 1.82 bits per heavy atom. The lowest BCUT2D eigenvalue weighted by Crippen LogP contribution is -2.28. The Morgan fingerprint density at radius 3 is 2.56 bits per heavy atom. The summed E-state index contributed by atoms with van der Waals surface area (Å²) in [6, 6.07) is 15.7. The number of nitrogens with one attached hydrogen (secondary N) is 2. The van der Waals surface area contributed by atoms with Crippen molar-refractivity contribution in [3.05, 3.63) is 77.6 Å². The van der Waals surface area contributed by atoms with E-state index in [0.717, 1.165) is 38.9 Å². The van der Waals surface area contributed by atoms with Crippen LogP contribution in [0, 0.1) is 0 Å². The predicted molar refractivity (Wildman–Crippen MR) is 151 cm³/mol. The van der Waals surface area contributed by atoms with Gasteiger partial charge in [0.15, 0.2) is 5.82 Å². The van der Waals surface area contributed by atoms with Gasteiger partial charge in [-0.3, -0.25) is 4.79 Å². The third-order valence-corrected chi connectivity index (χ3v) is 6.21. The molecule has 2 heterocycles. The molecule has 0 aliphatic carbocycles. The minimum Gasteiger partial charge on any atom is -0.469 e. The van der Waals surface area contributed by atoms with Gasteiger partial charge in [-0.15, -0.1) is 0 Å². The highest BCUT2D eigenvalue weighted by Gasteiger charge is 2.18. The third kappa shape index (κ3) is 7.11. The van der Waals surface area contributed by atoms with Crippen LogP contribution in [0.5, 0.6) is 0 Å². The van der Waals surface area contributed by atoms with Crippen LogP contribution in [-0.4, -0.2) is 53.4 Å². The molecule has 10 nitrogen and oxygen atoms in total. The number of fused-ring (bicyclic) bond motifs is 3. The van der Waals surface area contributed by atoms with Crippen molar-refractivity contribution in [2.45, 2.75) is 32.9 Å². The van der Waals surface area contributed by atoms with Crippen molar-refractivity contribution in [2.24, 2.45) is 0 Å². The number of benzene rings is 2. The van der Waals surface area contributed by atoms with Crippen LogP contribution in [0.4, 0.5) is 10.6 Å². The van der Waals surface area contributed by atoms with Crippen LogP contribution >= 0.6 is 0 Å². The largest absolute Gasteiger partial charge is 0.469 e. The number of hydrogen-bond donors (Lipinski definition) is 3. The molecular formula is C29H34N6O4. The lowest BCUT2D eigenvalue weighted by molar-refractivity contribution is -0.140. The zero-order chi connectivity index (χ0) is 27.8. The number of ether oxygens (including phenoxy) is 2. The predicted octanol–water partition coefficient (Wildman–Crippen LogP) is 3.71. The van der Waals surface area contributed by atoms with Gasteiger partial charge in [0.1, 0.15) is 17.9 Å². The van der Waals surface area contributed by atoms with E-state index >= 15 is 0 Å². The Morgan fingerprint density at radius 1 is 1.08 bits per heavy atom. The van der Waals surface area contributed by atoms with Crippen LogP contribution in [0.3, 0.4) is 0 Å². The summed E-state index contributed by atoms with van der Waals surface area (Å²) in [4.78, 5) is 33.1. The summed E-state index contributed by atoms with van der Waals surface area (Å²) in [5.41, 5.74) is 11.6. The average molecular weight is 531 g/mol. The molecule has 0 unspecified atom stereocenters. The molecule has 0 aliphatic rings. The van der Waals surface area contributed by atoms with Gasteiger partial charge in [-0.25, -0.2) is 14.8 Å². The van der Waals surface area contributed by atoms with Gasteiger partial charge in [0.25, 0.3) is 0 Å². The second-order valence-corrected chi connectivity index (χ2v) is 9.34. The maximum Gasteiger partial charge on any atom is 0.407 e. The maximum atomic E-state index is 12.0. The molecule has 39 heavy (non-hydrogen) atoms. The Balaban J connectivity index is 1.48. The molecule has 2 aromatic heterocycles. The first-order chi connectivity index (χ1) is 18.9. The van der Waals surface area contributed by atoms with Gasteiger partial charge in [-0.05, 0) is 24.1 Å². The number of carbonyl (C=O) groups is 2. The number of carbonyl (C=O) groups excluding carboxylic acids is 2. The number of rotatable bonds is 12. The molecule has 0 saturated carbocycles. The average Bonchev–Trinajstić information content (AvgIpc) is 3.30. The molecule has 2 aromatic carbocycles. The number of imidazole rings is 1. The molecule has 0 atom stereocenters. The molecule has 0 fully saturated rings. The third-order valence-electron chi connectivity index (χ3n) is 6.21. The van der Waals surface area contributed by atoms with Gasteiger partial charge in [-0.1, -0.05) is 54.6 Å². The van der Waals surface area contributed by atoms with Crippen molar-refractivity contribution in [3.63, 3.8) is 0 Å². The van der Waals surface area contributed by atoms with Crippen molar-refractivity contribution < 1.29 is 19.1 Å². The van der Waals surface area contributed by atoms with E-state index in [1.54, 1.807) is 0 Å². The molecule has 0 spiro atoms. The molecule has 0 bridgehead atoms. The number of nitrogens with two attached hydrogens (primary N) is 1. The van der Waals surface area contributed by atoms with Crippen molar-refractivity contribution in [1.29, 1.82) is 0 Å². The second-order valence-electron chi connectivity index (χ2n) is 9.34. The Labute approximate surface area is 227 Å². The summed E-state index contributed by atoms with van der Waals surface area (Å²) in [6.45, 7) is 8.16. The maximum absolute atomic E-state index is 12.0. The van der Waals surface area contributed by atoms with Gasteiger partial charge in [0.2, 0.25) is 0 Å². The second kappa shape index (κ2) is 12.9. The first kappa shape index (κ1) is 27.6. The Hall–Kier alpha value is -4.44. The topological polar surface area (TPSA) is 133 Å². The van der Waals surface area contributed by atoms with Gasteiger partial charge >= 0.3 is 12.1 Å². The number of nitrogens with zero attached hydrogens (tertiary/aromatic N) is 3. The number of anilines is 1. The number of aryl methyl sites for hydroxylation is 1. The quantitative estimate of drug-likeness (QED) is 0.143. The van der Waals surface area contributed by atoms with Crippen LogP contribution in [-0.2, 0) is 33.8 Å². The SMILES string of the molecule is C=C(C)CNCCOC(=O)NCc1ccc(Cn2c(CCC(=O)OC)nc3c(N)nc4ccccc4c32)cc1. The van der Waals surface area contributed by atoms with Crippen molar-refractivity contribution >= 4 is 39.8 Å². The molecule has 0 radical (unpaired) electrons. The monoisotopic (exact) mass is 530 g/mol. The first-order valence-electron chi connectivity index (χ1n) is 12.8. The minimum absolute atomic E-state index is 0.204. The van der Waals surface area contributed by atoms with Crippen LogP contribution in [0.1, 0.15) is 30.3 Å². The van der Waals surface area contributed by atoms with Crippen molar-refractivity contribution in [3.8, 4) is 0 Å². The van der Waals surface area contributed by atoms with E-state index in [2.05, 4.69) is 26.8 Å². The molecule has 4 rings (SSSR count). The van der Waals surface area contributed by atoms with Crippen LogP contribution in [0.25, 0.3) is 21.9 Å². The zero-order valence-electron chi connectivity index (χ0n) is 22.3. The fraction of sp³-hybridized carbons (Fsp3) is 0.310. The standard InChI is InChI=1S/C29H34N6O4/c1-19(2)16-31-14-15-39-29(37)32-17-20-8-10-21(11-9-20)18-35-24(12-13-25(36)38-3)34-26-27(35)22-6-4-5-7-23(22)33-28(26)30/h4-11,31H,1,12-18H2,2-3H3,(H2,30,33)(H,32,37). The molecule has 204 valence electrons. The number of nitrogen functional groups attached to an aromatic ring is 1. The summed E-state index contributed by atoms with van der Waals surface area (Å²) < 4.78 is 12.1. The van der Waals surface area contributed by atoms with E-state index < -0.39 is 6.09 Å². The van der Waals surface area contributed by atoms with E-state index in [-0.39, 0.29) is 19.0 Å². The van der Waals surface area contributed by atoms with E-state index in [1.807, 2.05) is 55.5 Å². The fourth-order valence-electron chi connectivity index (χ4n) is 4.27. The van der Waals surface area contributed by atoms with E-state index in [4.69, 9.17) is 20.2 Å². The molecule has 10 heteroatoms. The summed E-state index contributed by atoms with van der Waals surface area (Å²) in [5, 5.41) is 6.85.